The van der Waals surface area contributed by atoms with Crippen molar-refractivity contribution >= 4 is 22.8 Å². The summed E-state index contributed by atoms with van der Waals surface area (Å²) in [5, 5.41) is 5.90. The van der Waals surface area contributed by atoms with Crippen LogP contribution >= 0.6 is 0 Å². The fourth-order valence-corrected chi connectivity index (χ4v) is 2.85. The van der Waals surface area contributed by atoms with Crippen molar-refractivity contribution in [2.75, 3.05) is 6.54 Å². The van der Waals surface area contributed by atoms with E-state index in [-0.39, 0.29) is 18.3 Å². The molecule has 26 heavy (non-hydrogen) atoms. The third-order valence-electron chi connectivity index (χ3n) is 4.18. The van der Waals surface area contributed by atoms with Crippen molar-refractivity contribution in [3.05, 3.63) is 59.4 Å². The van der Waals surface area contributed by atoms with Gasteiger partial charge in [-0.3, -0.25) is 4.79 Å². The number of hydrogen-bond donors (Lipinski definition) is 4. The Labute approximate surface area is 149 Å². The van der Waals surface area contributed by atoms with E-state index in [0.717, 1.165) is 27.7 Å². The summed E-state index contributed by atoms with van der Waals surface area (Å²) in [5.74, 6) is -0.613. The Morgan fingerprint density at radius 2 is 1.92 bits per heavy atom. The quantitative estimate of drug-likeness (QED) is 0.566. The third kappa shape index (κ3) is 3.66. The van der Waals surface area contributed by atoms with Gasteiger partial charge in [0.25, 0.3) is 0 Å². The molecule has 3 rings (SSSR count). The molecule has 0 aliphatic heterocycles. The maximum atomic E-state index is 14.1. The first-order valence-electron chi connectivity index (χ1n) is 8.12. The summed E-state index contributed by atoms with van der Waals surface area (Å²) in [4.78, 5) is 25.5. The Balaban J connectivity index is 1.81. The summed E-state index contributed by atoms with van der Waals surface area (Å²) in [6, 6.07) is 11.6. The van der Waals surface area contributed by atoms with Crippen LogP contribution in [0.15, 0.2) is 42.5 Å². The zero-order valence-electron chi connectivity index (χ0n) is 14.2. The molecule has 1 aromatic heterocycles. The minimum Gasteiger partial charge on any atom is -0.354 e. The monoisotopic (exact) mass is 354 g/mol. The van der Waals surface area contributed by atoms with E-state index >= 15 is 0 Å². The van der Waals surface area contributed by atoms with E-state index in [9.17, 15) is 14.0 Å². The lowest BCUT2D eigenvalue weighted by Gasteiger charge is -2.06. The molecule has 3 aromatic rings. The van der Waals surface area contributed by atoms with Crippen LogP contribution in [0.3, 0.4) is 0 Å². The zero-order chi connectivity index (χ0) is 18.7. The van der Waals surface area contributed by atoms with Crippen LogP contribution in [-0.4, -0.2) is 23.5 Å². The van der Waals surface area contributed by atoms with E-state index in [1.54, 1.807) is 18.2 Å². The molecule has 0 bridgehead atoms. The Hall–Kier alpha value is -3.35. The van der Waals surface area contributed by atoms with E-state index in [0.29, 0.717) is 12.1 Å². The molecule has 6 nitrogen and oxygen atoms in total. The fourth-order valence-electron chi connectivity index (χ4n) is 2.85. The molecule has 0 unspecified atom stereocenters. The van der Waals surface area contributed by atoms with Gasteiger partial charge in [0.2, 0.25) is 5.91 Å². The number of nitrogens with two attached hydrogens (primary N) is 1. The highest BCUT2D eigenvalue weighted by atomic mass is 19.1. The number of amides is 3. The minimum absolute atomic E-state index is 0.168. The van der Waals surface area contributed by atoms with E-state index in [4.69, 9.17) is 5.73 Å². The SMILES string of the molecule is Cc1c(-c2ccccc2F)[nH]c2ccc(CNC(=O)CNC(N)=O)cc12. The van der Waals surface area contributed by atoms with E-state index in [1.807, 2.05) is 25.1 Å². The predicted octanol–water partition coefficient (Wildman–Crippen LogP) is 2.57. The number of urea groups is 1. The lowest BCUT2D eigenvalue weighted by molar-refractivity contribution is -0.120. The molecule has 0 saturated carbocycles. The number of aromatic amines is 1. The van der Waals surface area contributed by atoms with Gasteiger partial charge in [0.05, 0.1) is 12.2 Å². The average Bonchev–Trinajstić information content (AvgIpc) is 2.95. The van der Waals surface area contributed by atoms with E-state index in [1.165, 1.54) is 6.07 Å². The number of hydrogen-bond acceptors (Lipinski definition) is 2. The van der Waals surface area contributed by atoms with Crippen LogP contribution in [0.2, 0.25) is 0 Å². The Kier molecular flexibility index (Phi) is 4.88. The molecule has 0 spiro atoms. The van der Waals surface area contributed by atoms with Gasteiger partial charge in [-0.05, 0) is 42.3 Å². The largest absolute Gasteiger partial charge is 0.354 e. The van der Waals surface area contributed by atoms with Crippen molar-refractivity contribution in [1.82, 2.24) is 15.6 Å². The molecule has 0 saturated heterocycles. The van der Waals surface area contributed by atoms with Gasteiger partial charge in [0.1, 0.15) is 5.82 Å². The Morgan fingerprint density at radius 1 is 1.15 bits per heavy atom. The number of carbonyl (C=O) groups is 2. The highest BCUT2D eigenvalue weighted by Crippen LogP contribution is 2.31. The number of rotatable bonds is 5. The topological polar surface area (TPSA) is 100 Å². The molecular formula is C19H19FN4O2. The molecular weight excluding hydrogens is 335 g/mol. The van der Waals surface area contributed by atoms with Gasteiger partial charge in [-0.2, -0.15) is 0 Å². The number of nitrogens with one attached hydrogen (secondary N) is 3. The number of primary amides is 1. The first-order chi connectivity index (χ1) is 12.5. The van der Waals surface area contributed by atoms with Crippen LogP contribution < -0.4 is 16.4 Å². The van der Waals surface area contributed by atoms with Crippen LogP contribution in [-0.2, 0) is 11.3 Å². The average molecular weight is 354 g/mol. The maximum Gasteiger partial charge on any atom is 0.312 e. The summed E-state index contributed by atoms with van der Waals surface area (Å²) in [7, 11) is 0. The normalized spacial score (nSPS) is 10.7. The van der Waals surface area contributed by atoms with Crippen molar-refractivity contribution in [1.29, 1.82) is 0 Å². The number of fused-ring (bicyclic) bond motifs is 1. The van der Waals surface area contributed by atoms with Crippen molar-refractivity contribution in [2.24, 2.45) is 5.73 Å². The first kappa shape index (κ1) is 17.5. The van der Waals surface area contributed by atoms with Crippen molar-refractivity contribution in [3.8, 4) is 11.3 Å². The summed E-state index contributed by atoms with van der Waals surface area (Å²) in [5.41, 5.74) is 8.92. The van der Waals surface area contributed by atoms with Crippen molar-refractivity contribution in [2.45, 2.75) is 13.5 Å². The van der Waals surface area contributed by atoms with Gasteiger partial charge in [0, 0.05) is 23.0 Å². The second-order valence-corrected chi connectivity index (χ2v) is 5.98. The summed E-state index contributed by atoms with van der Waals surface area (Å²) < 4.78 is 14.1. The minimum atomic E-state index is -0.745. The molecule has 0 aliphatic rings. The Morgan fingerprint density at radius 3 is 2.65 bits per heavy atom. The Bertz CT molecular complexity index is 981. The van der Waals surface area contributed by atoms with Crippen LogP contribution in [0.5, 0.6) is 0 Å². The van der Waals surface area contributed by atoms with Crippen molar-refractivity contribution < 1.29 is 14.0 Å². The second kappa shape index (κ2) is 7.26. The van der Waals surface area contributed by atoms with Gasteiger partial charge in [-0.25, -0.2) is 9.18 Å². The van der Waals surface area contributed by atoms with Gasteiger partial charge in [0.15, 0.2) is 0 Å². The molecule has 134 valence electrons. The zero-order valence-corrected chi connectivity index (χ0v) is 14.2. The highest BCUT2D eigenvalue weighted by molar-refractivity contribution is 5.91. The molecule has 1 heterocycles. The number of H-pyrrole nitrogens is 1. The third-order valence-corrected chi connectivity index (χ3v) is 4.18. The van der Waals surface area contributed by atoms with Gasteiger partial charge in [-0.15, -0.1) is 0 Å². The number of aromatic nitrogens is 1. The van der Waals surface area contributed by atoms with Crippen LogP contribution in [0, 0.1) is 12.7 Å². The van der Waals surface area contributed by atoms with Gasteiger partial charge < -0.3 is 21.4 Å². The van der Waals surface area contributed by atoms with Crippen molar-refractivity contribution in [3.63, 3.8) is 0 Å². The van der Waals surface area contributed by atoms with Crippen LogP contribution in [0.25, 0.3) is 22.2 Å². The molecule has 0 aliphatic carbocycles. The molecule has 0 atom stereocenters. The molecule has 5 N–H and O–H groups in total. The maximum absolute atomic E-state index is 14.1. The standard InChI is InChI=1S/C19H19FN4O2/c1-11-14-8-12(9-22-17(25)10-23-19(21)26)6-7-16(14)24-18(11)13-4-2-3-5-15(13)20/h2-8,24H,9-10H2,1H3,(H,22,25)(H3,21,23,26). The molecule has 0 radical (unpaired) electrons. The van der Waals surface area contributed by atoms with E-state index < -0.39 is 6.03 Å². The number of halogens is 1. The summed E-state index contributed by atoms with van der Waals surface area (Å²) in [6.07, 6.45) is 0. The van der Waals surface area contributed by atoms with Crippen LogP contribution in [0.4, 0.5) is 9.18 Å². The molecule has 7 heteroatoms. The molecule has 0 fully saturated rings. The predicted molar refractivity (Wildman–Crippen MR) is 97.9 cm³/mol. The fraction of sp³-hybridized carbons (Fsp3) is 0.158. The lowest BCUT2D eigenvalue weighted by Crippen LogP contribution is -2.39. The highest BCUT2D eigenvalue weighted by Gasteiger charge is 2.13. The van der Waals surface area contributed by atoms with Gasteiger partial charge >= 0.3 is 6.03 Å². The molecule has 2 aromatic carbocycles. The summed E-state index contributed by atoms with van der Waals surface area (Å²) >= 11 is 0. The van der Waals surface area contributed by atoms with Crippen LogP contribution in [0.1, 0.15) is 11.1 Å². The molecule has 3 amide bonds. The second-order valence-electron chi connectivity index (χ2n) is 5.98. The number of aryl methyl sites for hydroxylation is 1. The number of benzene rings is 2. The first-order valence-corrected chi connectivity index (χ1v) is 8.12. The van der Waals surface area contributed by atoms with E-state index in [2.05, 4.69) is 15.6 Å². The smallest absolute Gasteiger partial charge is 0.312 e. The number of carbonyl (C=O) groups excluding carboxylic acids is 2. The summed E-state index contributed by atoms with van der Waals surface area (Å²) in [6.45, 7) is 2.08. The van der Waals surface area contributed by atoms with Gasteiger partial charge in [-0.1, -0.05) is 18.2 Å². The lowest BCUT2D eigenvalue weighted by atomic mass is 10.0.